The molecule has 1 unspecified atom stereocenters. The maximum absolute atomic E-state index is 13.0. The number of rotatable bonds is 4. The zero-order chi connectivity index (χ0) is 18.1. The van der Waals surface area contributed by atoms with Crippen LogP contribution in [0.5, 0.6) is 0 Å². The zero-order valence-corrected chi connectivity index (χ0v) is 15.7. The van der Waals surface area contributed by atoms with Gasteiger partial charge in [-0.15, -0.1) is 11.3 Å². The molecule has 2 aromatic heterocycles. The molecule has 0 aliphatic carbocycles. The minimum atomic E-state index is -0.0742. The van der Waals surface area contributed by atoms with Crippen molar-refractivity contribution in [3.05, 3.63) is 75.3 Å². The summed E-state index contributed by atoms with van der Waals surface area (Å²) in [5.41, 5.74) is 2.89. The largest absolute Gasteiger partial charge is 0.359 e. The molecule has 6 heteroatoms. The Balaban J connectivity index is 1.61. The van der Waals surface area contributed by atoms with Crippen LogP contribution in [0, 0.1) is 0 Å². The number of aromatic nitrogens is 1. The number of amides is 1. The molecule has 0 spiro atoms. The van der Waals surface area contributed by atoms with Gasteiger partial charge in [0.1, 0.15) is 0 Å². The number of benzene rings is 1. The predicted molar refractivity (Wildman–Crippen MR) is 101 cm³/mol. The molecule has 3 aromatic rings. The monoisotopic (exact) mass is 367 g/mol. The Bertz CT molecular complexity index is 901. The van der Waals surface area contributed by atoms with E-state index in [2.05, 4.69) is 40.9 Å². The van der Waals surface area contributed by atoms with Crippen LogP contribution in [0.1, 0.15) is 38.2 Å². The maximum Gasteiger partial charge on any atom is 0.276 e. The number of thiophene rings is 1. The third-order valence-corrected chi connectivity index (χ3v) is 5.60. The first kappa shape index (κ1) is 17.0. The van der Waals surface area contributed by atoms with Crippen molar-refractivity contribution in [2.24, 2.45) is 0 Å². The van der Waals surface area contributed by atoms with Gasteiger partial charge in [-0.1, -0.05) is 35.5 Å². The van der Waals surface area contributed by atoms with Crippen LogP contribution in [-0.4, -0.2) is 41.5 Å². The molecule has 0 radical (unpaired) electrons. The van der Waals surface area contributed by atoms with E-state index in [0.717, 1.165) is 0 Å². The van der Waals surface area contributed by atoms with Crippen molar-refractivity contribution in [1.82, 2.24) is 15.0 Å². The van der Waals surface area contributed by atoms with E-state index in [1.165, 1.54) is 16.0 Å². The Morgan fingerprint density at radius 1 is 1.31 bits per heavy atom. The van der Waals surface area contributed by atoms with E-state index in [-0.39, 0.29) is 11.8 Å². The van der Waals surface area contributed by atoms with Crippen molar-refractivity contribution in [2.75, 3.05) is 20.6 Å². The molecule has 1 aliphatic heterocycles. The zero-order valence-electron chi connectivity index (χ0n) is 14.9. The molecule has 0 saturated carbocycles. The highest BCUT2D eigenvalue weighted by atomic mass is 32.1. The van der Waals surface area contributed by atoms with Crippen LogP contribution in [0.15, 0.2) is 52.4 Å². The third kappa shape index (κ3) is 3.30. The van der Waals surface area contributed by atoms with E-state index >= 15 is 0 Å². The molecular formula is C20H21N3O2S. The third-order valence-electron chi connectivity index (χ3n) is 4.62. The van der Waals surface area contributed by atoms with Crippen LogP contribution >= 0.6 is 11.3 Å². The summed E-state index contributed by atoms with van der Waals surface area (Å²) in [5, 5.41) is 6.09. The number of nitrogens with zero attached hydrogens (tertiary/aromatic N) is 3. The number of fused-ring (bicyclic) bond motifs is 1. The molecular weight excluding hydrogens is 346 g/mol. The molecule has 4 rings (SSSR count). The van der Waals surface area contributed by atoms with E-state index in [4.69, 9.17) is 4.52 Å². The predicted octanol–water partition coefficient (Wildman–Crippen LogP) is 3.59. The molecule has 1 atom stereocenters. The molecule has 0 saturated heterocycles. The number of carbonyl (C=O) groups excluding carboxylic acids is 1. The second-order valence-corrected chi connectivity index (χ2v) is 7.85. The van der Waals surface area contributed by atoms with Gasteiger partial charge in [0.2, 0.25) is 0 Å². The Hall–Kier alpha value is -2.44. The number of hydrogen-bond donors (Lipinski definition) is 0. The van der Waals surface area contributed by atoms with Gasteiger partial charge in [-0.05, 0) is 36.7 Å². The lowest BCUT2D eigenvalue weighted by molar-refractivity contribution is 0.0715. The summed E-state index contributed by atoms with van der Waals surface area (Å²) in [7, 11) is 3.91. The first-order chi connectivity index (χ1) is 12.6. The summed E-state index contributed by atoms with van der Waals surface area (Å²) >= 11 is 1.74. The Morgan fingerprint density at radius 2 is 2.15 bits per heavy atom. The molecule has 26 heavy (non-hydrogen) atoms. The first-order valence-electron chi connectivity index (χ1n) is 8.62. The topological polar surface area (TPSA) is 49.6 Å². The van der Waals surface area contributed by atoms with Gasteiger partial charge >= 0.3 is 0 Å². The van der Waals surface area contributed by atoms with Gasteiger partial charge in [-0.25, -0.2) is 0 Å². The summed E-state index contributed by atoms with van der Waals surface area (Å²) in [6, 6.07) is 14.3. The first-order valence-corrected chi connectivity index (χ1v) is 9.50. The van der Waals surface area contributed by atoms with Gasteiger partial charge in [-0.3, -0.25) is 4.79 Å². The van der Waals surface area contributed by atoms with E-state index in [1.807, 2.05) is 30.0 Å². The fourth-order valence-corrected chi connectivity index (χ4v) is 4.29. The quantitative estimate of drug-likeness (QED) is 0.707. The van der Waals surface area contributed by atoms with Crippen LogP contribution in [-0.2, 0) is 13.1 Å². The molecule has 1 aromatic carbocycles. The highest BCUT2D eigenvalue weighted by Gasteiger charge is 2.31. The smallest absolute Gasteiger partial charge is 0.276 e. The Morgan fingerprint density at radius 3 is 2.92 bits per heavy atom. The molecule has 0 bridgehead atoms. The van der Waals surface area contributed by atoms with Crippen molar-refractivity contribution in [2.45, 2.75) is 19.0 Å². The lowest BCUT2D eigenvalue weighted by Gasteiger charge is -2.34. The Labute approximate surface area is 156 Å². The molecule has 1 aliphatic rings. The molecule has 0 N–H and O–H groups in total. The second-order valence-electron chi connectivity index (χ2n) is 6.87. The van der Waals surface area contributed by atoms with Crippen LogP contribution in [0.2, 0.25) is 0 Å². The molecule has 5 nitrogen and oxygen atoms in total. The van der Waals surface area contributed by atoms with Gasteiger partial charge in [-0.2, -0.15) is 0 Å². The standard InChI is InChI=1S/C20H21N3O2S/c1-22(2)12-15-10-18(21-25-15)20(24)23-11-14-6-3-4-7-16(14)17(13-23)19-8-5-9-26-19/h3-10,17H,11-13H2,1-2H3. The fourth-order valence-electron chi connectivity index (χ4n) is 3.46. The van der Waals surface area contributed by atoms with E-state index in [0.29, 0.717) is 31.1 Å². The van der Waals surface area contributed by atoms with Crippen molar-refractivity contribution in [3.63, 3.8) is 0 Å². The van der Waals surface area contributed by atoms with Crippen molar-refractivity contribution < 1.29 is 9.32 Å². The highest BCUT2D eigenvalue weighted by molar-refractivity contribution is 7.10. The van der Waals surface area contributed by atoms with Crippen molar-refractivity contribution in [3.8, 4) is 0 Å². The summed E-state index contributed by atoms with van der Waals surface area (Å²) in [5.74, 6) is 0.831. The van der Waals surface area contributed by atoms with Gasteiger partial charge in [0, 0.05) is 30.0 Å². The normalized spacial score (nSPS) is 16.7. The minimum Gasteiger partial charge on any atom is -0.359 e. The van der Waals surface area contributed by atoms with Crippen LogP contribution < -0.4 is 0 Å². The molecule has 134 valence electrons. The van der Waals surface area contributed by atoms with Gasteiger partial charge in [0.15, 0.2) is 11.5 Å². The van der Waals surface area contributed by atoms with E-state index in [1.54, 1.807) is 17.4 Å². The van der Waals surface area contributed by atoms with Crippen molar-refractivity contribution >= 4 is 17.2 Å². The fraction of sp³-hybridized carbons (Fsp3) is 0.300. The lowest BCUT2D eigenvalue weighted by Crippen LogP contribution is -2.38. The number of hydrogen-bond acceptors (Lipinski definition) is 5. The Kier molecular flexibility index (Phi) is 4.61. The summed E-state index contributed by atoms with van der Waals surface area (Å²) in [6.45, 7) is 1.89. The number of carbonyl (C=O) groups is 1. The molecule has 1 amide bonds. The van der Waals surface area contributed by atoms with Gasteiger partial charge in [0.05, 0.1) is 6.54 Å². The molecule has 0 fully saturated rings. The highest BCUT2D eigenvalue weighted by Crippen LogP contribution is 2.36. The lowest BCUT2D eigenvalue weighted by atomic mass is 9.88. The van der Waals surface area contributed by atoms with Crippen LogP contribution in [0.25, 0.3) is 0 Å². The average Bonchev–Trinajstić information content (AvgIpc) is 3.31. The van der Waals surface area contributed by atoms with Crippen molar-refractivity contribution in [1.29, 1.82) is 0 Å². The van der Waals surface area contributed by atoms with Gasteiger partial charge < -0.3 is 14.3 Å². The van der Waals surface area contributed by atoms with E-state index in [9.17, 15) is 4.79 Å². The summed E-state index contributed by atoms with van der Waals surface area (Å²) in [4.78, 5) is 18.2. The SMILES string of the molecule is CN(C)Cc1cc(C(=O)N2Cc3ccccc3C(c3cccs3)C2)no1. The van der Waals surface area contributed by atoms with Gasteiger partial charge in [0.25, 0.3) is 5.91 Å². The summed E-state index contributed by atoms with van der Waals surface area (Å²) < 4.78 is 5.32. The summed E-state index contributed by atoms with van der Waals surface area (Å²) in [6.07, 6.45) is 0. The minimum absolute atomic E-state index is 0.0742. The van der Waals surface area contributed by atoms with Crippen LogP contribution in [0.4, 0.5) is 0 Å². The van der Waals surface area contributed by atoms with E-state index < -0.39 is 0 Å². The second kappa shape index (κ2) is 7.05. The average molecular weight is 367 g/mol. The maximum atomic E-state index is 13.0. The molecule has 3 heterocycles. The van der Waals surface area contributed by atoms with Crippen LogP contribution in [0.3, 0.4) is 0 Å².